The van der Waals surface area contributed by atoms with Crippen molar-refractivity contribution >= 4 is 0 Å². The molecule has 170 valence electrons. The van der Waals surface area contributed by atoms with Crippen LogP contribution < -0.4 is 4.74 Å². The van der Waals surface area contributed by atoms with Gasteiger partial charge in [-0.2, -0.15) is 8.78 Å². The van der Waals surface area contributed by atoms with Crippen LogP contribution in [-0.4, -0.2) is 13.2 Å². The topological polar surface area (TPSA) is 27.7 Å². The highest BCUT2D eigenvalue weighted by atomic mass is 19.3. The Hall–Kier alpha value is -2.26. The van der Waals surface area contributed by atoms with Gasteiger partial charge in [-0.15, -0.1) is 0 Å². The molecular formula is C22H22F6O3. The molecule has 1 fully saturated rings. The molecule has 0 atom stereocenters. The molecule has 0 saturated carbocycles. The fourth-order valence-electron chi connectivity index (χ4n) is 3.28. The lowest BCUT2D eigenvalue weighted by atomic mass is 10.0. The molecule has 0 bridgehead atoms. The zero-order valence-electron chi connectivity index (χ0n) is 17.0. The fourth-order valence-corrected chi connectivity index (χ4v) is 3.28. The van der Waals surface area contributed by atoms with E-state index < -0.39 is 52.5 Å². The fraction of sp³-hybridized carbons (Fsp3) is 0.455. The molecular weight excluding hydrogens is 426 g/mol. The Morgan fingerprint density at radius 2 is 1.48 bits per heavy atom. The number of ether oxygens (including phenoxy) is 3. The second kappa shape index (κ2) is 9.48. The minimum absolute atomic E-state index is 0.101. The van der Waals surface area contributed by atoms with Gasteiger partial charge in [0.15, 0.2) is 6.29 Å². The van der Waals surface area contributed by atoms with E-state index in [0.29, 0.717) is 37.5 Å². The maximum atomic E-state index is 14.5. The van der Waals surface area contributed by atoms with Crippen LogP contribution in [0.5, 0.6) is 5.75 Å². The summed E-state index contributed by atoms with van der Waals surface area (Å²) in [5, 5.41) is 0. The summed E-state index contributed by atoms with van der Waals surface area (Å²) in [6, 6.07) is 2.36. The molecule has 3 rings (SSSR count). The second-order valence-corrected chi connectivity index (χ2v) is 7.50. The minimum atomic E-state index is -4.53. The molecule has 2 aromatic rings. The standard InChI is InChI=1S/C22H22F6O3/c1-3-4-5-13-10-29-21(30-11-13)14-6-18(25)20(19(26)7-14)22(27,28)31-15-8-16(23)12(2)17(24)9-15/h6-9,13,21H,3-5,10-11H2,1-2H3. The van der Waals surface area contributed by atoms with Crippen LogP contribution in [-0.2, 0) is 15.6 Å². The van der Waals surface area contributed by atoms with Crippen molar-refractivity contribution in [2.45, 2.75) is 45.5 Å². The number of rotatable bonds is 7. The third-order valence-corrected chi connectivity index (χ3v) is 5.06. The maximum absolute atomic E-state index is 14.5. The minimum Gasteiger partial charge on any atom is -0.429 e. The third-order valence-electron chi connectivity index (χ3n) is 5.06. The lowest BCUT2D eigenvalue weighted by Gasteiger charge is -2.30. The van der Waals surface area contributed by atoms with Crippen LogP contribution in [0.2, 0.25) is 0 Å². The van der Waals surface area contributed by atoms with Crippen LogP contribution >= 0.6 is 0 Å². The molecule has 0 spiro atoms. The van der Waals surface area contributed by atoms with Crippen LogP contribution in [0.3, 0.4) is 0 Å². The van der Waals surface area contributed by atoms with Gasteiger partial charge in [0.25, 0.3) is 0 Å². The quantitative estimate of drug-likeness (QED) is 0.451. The van der Waals surface area contributed by atoms with Crippen LogP contribution in [0.15, 0.2) is 24.3 Å². The Morgan fingerprint density at radius 3 is 2.00 bits per heavy atom. The lowest BCUT2D eigenvalue weighted by Crippen LogP contribution is -2.28. The Bertz CT molecular complexity index is 879. The average molecular weight is 448 g/mol. The first-order chi connectivity index (χ1) is 14.6. The zero-order valence-corrected chi connectivity index (χ0v) is 17.0. The van der Waals surface area contributed by atoms with E-state index in [1.54, 1.807) is 0 Å². The van der Waals surface area contributed by atoms with Crippen LogP contribution in [0.1, 0.15) is 49.2 Å². The van der Waals surface area contributed by atoms with E-state index in [-0.39, 0.29) is 11.5 Å². The summed E-state index contributed by atoms with van der Waals surface area (Å²) in [6.45, 7) is 3.79. The molecule has 1 aliphatic rings. The van der Waals surface area contributed by atoms with Gasteiger partial charge in [-0.25, -0.2) is 17.6 Å². The lowest BCUT2D eigenvalue weighted by molar-refractivity contribution is -0.206. The molecule has 2 aromatic carbocycles. The number of unbranched alkanes of at least 4 members (excludes halogenated alkanes) is 1. The van der Waals surface area contributed by atoms with E-state index in [9.17, 15) is 26.3 Å². The summed E-state index contributed by atoms with van der Waals surface area (Å²) in [7, 11) is 0. The summed E-state index contributed by atoms with van der Waals surface area (Å²) in [6.07, 6.45) is -2.74. The molecule has 0 unspecified atom stereocenters. The first-order valence-electron chi connectivity index (χ1n) is 9.87. The van der Waals surface area contributed by atoms with Gasteiger partial charge in [0.2, 0.25) is 0 Å². The number of halogens is 6. The van der Waals surface area contributed by atoms with Crippen molar-refractivity contribution in [1.29, 1.82) is 0 Å². The van der Waals surface area contributed by atoms with E-state index in [1.165, 1.54) is 0 Å². The largest absolute Gasteiger partial charge is 0.432 e. The van der Waals surface area contributed by atoms with Gasteiger partial charge in [-0.1, -0.05) is 19.8 Å². The number of benzene rings is 2. The van der Waals surface area contributed by atoms with E-state index in [1.807, 2.05) is 6.92 Å². The first-order valence-corrected chi connectivity index (χ1v) is 9.87. The van der Waals surface area contributed by atoms with Gasteiger partial charge in [-0.3, -0.25) is 0 Å². The van der Waals surface area contributed by atoms with E-state index in [2.05, 4.69) is 4.74 Å². The summed E-state index contributed by atoms with van der Waals surface area (Å²) >= 11 is 0. The predicted molar refractivity (Wildman–Crippen MR) is 99.6 cm³/mol. The highest BCUT2D eigenvalue weighted by Gasteiger charge is 2.42. The Kier molecular flexibility index (Phi) is 7.16. The summed E-state index contributed by atoms with van der Waals surface area (Å²) < 4.78 is 100. The Labute approximate surface area is 175 Å². The Morgan fingerprint density at radius 1 is 0.935 bits per heavy atom. The molecule has 9 heteroatoms. The van der Waals surface area contributed by atoms with Crippen molar-refractivity contribution in [2.75, 3.05) is 13.2 Å². The average Bonchev–Trinajstić information content (AvgIpc) is 2.69. The van der Waals surface area contributed by atoms with Gasteiger partial charge < -0.3 is 14.2 Å². The van der Waals surface area contributed by atoms with Gasteiger partial charge in [-0.05, 0) is 25.5 Å². The second-order valence-electron chi connectivity index (χ2n) is 7.50. The molecule has 1 aliphatic heterocycles. The van der Waals surface area contributed by atoms with Crippen molar-refractivity contribution in [3.8, 4) is 5.75 Å². The molecule has 1 saturated heterocycles. The van der Waals surface area contributed by atoms with Gasteiger partial charge in [0.1, 0.15) is 34.6 Å². The van der Waals surface area contributed by atoms with Gasteiger partial charge in [0, 0.05) is 29.2 Å². The molecule has 3 nitrogen and oxygen atoms in total. The summed E-state index contributed by atoms with van der Waals surface area (Å²) in [5.74, 6) is -6.23. The molecule has 0 aliphatic carbocycles. The van der Waals surface area contributed by atoms with Gasteiger partial charge >= 0.3 is 6.11 Å². The van der Waals surface area contributed by atoms with Crippen molar-refractivity contribution in [2.24, 2.45) is 5.92 Å². The normalized spacial score (nSPS) is 19.5. The summed E-state index contributed by atoms with van der Waals surface area (Å²) in [5.41, 5.74) is -2.19. The first kappa shape index (κ1) is 23.4. The number of hydrogen-bond donors (Lipinski definition) is 0. The highest BCUT2D eigenvalue weighted by molar-refractivity contribution is 5.33. The van der Waals surface area contributed by atoms with E-state index >= 15 is 0 Å². The molecule has 0 aromatic heterocycles. The third kappa shape index (κ3) is 5.33. The van der Waals surface area contributed by atoms with Crippen LogP contribution in [0, 0.1) is 36.1 Å². The molecule has 1 heterocycles. The van der Waals surface area contributed by atoms with E-state index in [4.69, 9.17) is 9.47 Å². The molecule has 0 amide bonds. The molecule has 31 heavy (non-hydrogen) atoms. The maximum Gasteiger partial charge on any atom is 0.432 e. The zero-order chi connectivity index (χ0) is 22.8. The van der Waals surface area contributed by atoms with Crippen molar-refractivity contribution < 1.29 is 40.6 Å². The summed E-state index contributed by atoms with van der Waals surface area (Å²) in [4.78, 5) is 0. The van der Waals surface area contributed by atoms with Crippen molar-refractivity contribution in [3.63, 3.8) is 0 Å². The van der Waals surface area contributed by atoms with Crippen molar-refractivity contribution in [1.82, 2.24) is 0 Å². The SMILES string of the molecule is CCCCC1COC(c2cc(F)c(C(F)(F)Oc3cc(F)c(C)c(F)c3)c(F)c2)OC1. The highest BCUT2D eigenvalue weighted by Crippen LogP contribution is 2.38. The van der Waals surface area contributed by atoms with Crippen LogP contribution in [0.25, 0.3) is 0 Å². The Balaban J connectivity index is 1.78. The monoisotopic (exact) mass is 448 g/mol. The van der Waals surface area contributed by atoms with Crippen LogP contribution in [0.4, 0.5) is 26.3 Å². The number of hydrogen-bond acceptors (Lipinski definition) is 3. The molecule has 0 radical (unpaired) electrons. The number of alkyl halides is 2. The van der Waals surface area contributed by atoms with Gasteiger partial charge in [0.05, 0.1) is 13.2 Å². The van der Waals surface area contributed by atoms with Crippen molar-refractivity contribution in [3.05, 3.63) is 64.2 Å². The predicted octanol–water partition coefficient (Wildman–Crippen LogP) is 6.53. The molecule has 0 N–H and O–H groups in total. The van der Waals surface area contributed by atoms with E-state index in [0.717, 1.165) is 26.2 Å². The smallest absolute Gasteiger partial charge is 0.429 e.